The molecule has 5 heteroatoms. The van der Waals surface area contributed by atoms with Crippen molar-refractivity contribution in [1.82, 2.24) is 9.34 Å². The summed E-state index contributed by atoms with van der Waals surface area (Å²) in [4.78, 5) is 0. The minimum Gasteiger partial charge on any atom is -0.297 e. The van der Waals surface area contributed by atoms with Crippen LogP contribution in [0.25, 0.3) is 10.8 Å². The van der Waals surface area contributed by atoms with Gasteiger partial charge in [-0.3, -0.25) is 9.24 Å². The van der Waals surface area contributed by atoms with Crippen molar-refractivity contribution in [1.29, 1.82) is 0 Å². The molecule has 132 valence electrons. The zero-order valence-corrected chi connectivity index (χ0v) is 15.6. The van der Waals surface area contributed by atoms with E-state index >= 15 is 0 Å². The summed E-state index contributed by atoms with van der Waals surface area (Å²) in [6.45, 7) is 3.84. The molecular formula is C20H26N3OP. The lowest BCUT2D eigenvalue weighted by Gasteiger charge is -2.41. The highest BCUT2D eigenvalue weighted by molar-refractivity contribution is 7.61. The molecule has 0 bridgehead atoms. The van der Waals surface area contributed by atoms with Gasteiger partial charge in [-0.25, -0.2) is 9.34 Å². The Kier molecular flexibility index (Phi) is 3.89. The first-order chi connectivity index (χ1) is 12.3. The normalized spacial score (nSPS) is 30.9. The van der Waals surface area contributed by atoms with Crippen LogP contribution in [0.2, 0.25) is 0 Å². The van der Waals surface area contributed by atoms with Gasteiger partial charge in [-0.05, 0) is 37.1 Å². The van der Waals surface area contributed by atoms with Gasteiger partial charge in [0, 0.05) is 37.6 Å². The third kappa shape index (κ3) is 2.38. The van der Waals surface area contributed by atoms with E-state index in [1.807, 2.05) is 0 Å². The monoisotopic (exact) mass is 355 g/mol. The fraction of sp³-hybridized carbons (Fsp3) is 0.500. The van der Waals surface area contributed by atoms with Crippen LogP contribution in [-0.4, -0.2) is 41.6 Å². The van der Waals surface area contributed by atoms with E-state index in [-0.39, 0.29) is 0 Å². The molecule has 3 saturated heterocycles. The van der Waals surface area contributed by atoms with Crippen LogP contribution in [0.15, 0.2) is 42.5 Å². The van der Waals surface area contributed by atoms with E-state index in [9.17, 15) is 4.57 Å². The van der Waals surface area contributed by atoms with Crippen LogP contribution < -0.4 is 4.67 Å². The topological polar surface area (TPSA) is 26.8 Å². The van der Waals surface area contributed by atoms with Crippen molar-refractivity contribution in [3.63, 3.8) is 0 Å². The molecule has 0 aliphatic carbocycles. The third-order valence-corrected chi connectivity index (χ3v) is 9.47. The fourth-order valence-corrected chi connectivity index (χ4v) is 8.50. The number of piperidine rings is 1. The van der Waals surface area contributed by atoms with Gasteiger partial charge in [0.1, 0.15) is 0 Å². The summed E-state index contributed by atoms with van der Waals surface area (Å²) in [5, 5.41) is 2.46. The molecule has 0 unspecified atom stereocenters. The van der Waals surface area contributed by atoms with E-state index in [1.165, 1.54) is 42.9 Å². The lowest BCUT2D eigenvalue weighted by molar-refractivity contribution is 0.309. The van der Waals surface area contributed by atoms with Crippen LogP contribution in [0.3, 0.4) is 0 Å². The second-order valence-corrected chi connectivity index (χ2v) is 10.2. The first kappa shape index (κ1) is 15.9. The highest BCUT2D eigenvalue weighted by Gasteiger charge is 2.54. The van der Waals surface area contributed by atoms with Gasteiger partial charge in [-0.15, -0.1) is 0 Å². The number of nitrogens with zero attached hydrogens (tertiary/aromatic N) is 3. The largest absolute Gasteiger partial charge is 0.311 e. The quantitative estimate of drug-likeness (QED) is 0.729. The predicted molar refractivity (Wildman–Crippen MR) is 104 cm³/mol. The molecule has 3 fully saturated rings. The molecule has 0 saturated carbocycles. The van der Waals surface area contributed by atoms with Crippen LogP contribution in [0, 0.1) is 0 Å². The Bertz CT molecular complexity index is 827. The SMILES string of the molecule is O=[P@@]1(N2CCCCC2)N(c2cccc3ccccc23)C[C@@H]2CCCN21. The van der Waals surface area contributed by atoms with Gasteiger partial charge in [0.2, 0.25) is 0 Å². The molecule has 2 aromatic carbocycles. The summed E-state index contributed by atoms with van der Waals surface area (Å²) in [6, 6.07) is 15.4. The molecular weight excluding hydrogens is 329 g/mol. The number of fused-ring (bicyclic) bond motifs is 2. The highest BCUT2D eigenvalue weighted by Crippen LogP contribution is 2.65. The molecule has 4 nitrogen and oxygen atoms in total. The smallest absolute Gasteiger partial charge is 0.297 e. The lowest BCUT2D eigenvalue weighted by atomic mass is 10.1. The maximum atomic E-state index is 14.5. The Hall–Kier alpha value is -1.35. The lowest BCUT2D eigenvalue weighted by Crippen LogP contribution is -2.37. The Morgan fingerprint density at radius 2 is 1.68 bits per heavy atom. The summed E-state index contributed by atoms with van der Waals surface area (Å²) in [6.07, 6.45) is 5.98. The number of hydrogen-bond acceptors (Lipinski definition) is 1. The van der Waals surface area contributed by atoms with Gasteiger partial charge in [-0.2, -0.15) is 0 Å². The molecule has 0 spiro atoms. The van der Waals surface area contributed by atoms with Gasteiger partial charge in [-0.1, -0.05) is 42.8 Å². The molecule has 0 N–H and O–H groups in total. The first-order valence-electron chi connectivity index (χ1n) is 9.67. The van der Waals surface area contributed by atoms with Crippen molar-refractivity contribution in [2.45, 2.75) is 38.1 Å². The van der Waals surface area contributed by atoms with Gasteiger partial charge in [0.25, 0.3) is 0 Å². The van der Waals surface area contributed by atoms with E-state index in [0.717, 1.165) is 31.9 Å². The summed E-state index contributed by atoms with van der Waals surface area (Å²) in [7, 11) is -2.69. The van der Waals surface area contributed by atoms with Crippen molar-refractivity contribution < 1.29 is 4.57 Å². The van der Waals surface area contributed by atoms with Crippen molar-refractivity contribution in [3.05, 3.63) is 42.5 Å². The van der Waals surface area contributed by atoms with Crippen LogP contribution in [0.5, 0.6) is 0 Å². The molecule has 3 aliphatic rings. The van der Waals surface area contributed by atoms with E-state index in [0.29, 0.717) is 6.04 Å². The van der Waals surface area contributed by atoms with Crippen molar-refractivity contribution in [3.8, 4) is 0 Å². The molecule has 0 aromatic heterocycles. The zero-order chi connectivity index (χ0) is 16.9. The maximum Gasteiger partial charge on any atom is 0.311 e. The number of benzene rings is 2. The van der Waals surface area contributed by atoms with Gasteiger partial charge in [0.15, 0.2) is 0 Å². The zero-order valence-electron chi connectivity index (χ0n) is 14.7. The van der Waals surface area contributed by atoms with E-state index < -0.39 is 7.59 Å². The van der Waals surface area contributed by atoms with Gasteiger partial charge >= 0.3 is 7.59 Å². The number of anilines is 1. The van der Waals surface area contributed by atoms with Crippen molar-refractivity contribution in [2.75, 3.05) is 30.8 Å². The minimum absolute atomic E-state index is 0.451. The molecule has 3 aliphatic heterocycles. The van der Waals surface area contributed by atoms with Crippen LogP contribution in [-0.2, 0) is 4.57 Å². The summed E-state index contributed by atoms with van der Waals surface area (Å²) in [5.41, 5.74) is 1.15. The number of hydrogen-bond donors (Lipinski definition) is 0. The molecule has 2 atom stereocenters. The second kappa shape index (κ2) is 6.12. The molecule has 3 heterocycles. The van der Waals surface area contributed by atoms with Gasteiger partial charge in [0.05, 0.1) is 5.69 Å². The van der Waals surface area contributed by atoms with E-state index in [2.05, 4.69) is 56.5 Å². The van der Waals surface area contributed by atoms with Crippen LogP contribution >= 0.6 is 7.59 Å². The van der Waals surface area contributed by atoms with E-state index in [4.69, 9.17) is 0 Å². The first-order valence-corrected chi connectivity index (χ1v) is 11.2. The third-order valence-electron chi connectivity index (χ3n) is 6.12. The minimum atomic E-state index is -2.69. The molecule has 2 aromatic rings. The molecule has 5 rings (SSSR count). The van der Waals surface area contributed by atoms with Crippen molar-refractivity contribution in [2.24, 2.45) is 0 Å². The molecule has 0 radical (unpaired) electrons. The Morgan fingerprint density at radius 1 is 0.880 bits per heavy atom. The predicted octanol–water partition coefficient (Wildman–Crippen LogP) is 4.72. The Morgan fingerprint density at radius 3 is 2.56 bits per heavy atom. The second-order valence-electron chi connectivity index (χ2n) is 7.57. The number of rotatable bonds is 2. The fourth-order valence-electron chi connectivity index (χ4n) is 4.92. The van der Waals surface area contributed by atoms with E-state index in [1.54, 1.807) is 0 Å². The molecule has 0 amide bonds. The van der Waals surface area contributed by atoms with Gasteiger partial charge < -0.3 is 0 Å². The summed E-state index contributed by atoms with van der Waals surface area (Å²) in [5.74, 6) is 0. The average molecular weight is 355 g/mol. The van der Waals surface area contributed by atoms with Crippen LogP contribution in [0.4, 0.5) is 5.69 Å². The average Bonchev–Trinajstić information content (AvgIpc) is 3.24. The Balaban J connectivity index is 1.64. The standard InChI is InChI=1S/C20H26N3OP/c24-25(21-13-4-1-5-14-21)22-15-7-10-18(22)16-23(25)20-12-6-9-17-8-2-3-11-19(17)20/h2-3,6,8-9,11-12,18H,1,4-5,7,10,13-16H2/t18-,25+/m0/s1. The highest BCUT2D eigenvalue weighted by atomic mass is 31.2. The maximum absolute atomic E-state index is 14.5. The summed E-state index contributed by atoms with van der Waals surface area (Å²) >= 11 is 0. The Labute approximate surface area is 149 Å². The molecule has 25 heavy (non-hydrogen) atoms. The summed E-state index contributed by atoms with van der Waals surface area (Å²) < 4.78 is 21.5. The van der Waals surface area contributed by atoms with Crippen molar-refractivity contribution >= 4 is 24.1 Å². The van der Waals surface area contributed by atoms with Crippen LogP contribution in [0.1, 0.15) is 32.1 Å².